The molecule has 0 unspecified atom stereocenters. The first-order chi connectivity index (χ1) is 0. The van der Waals surface area contributed by atoms with Gasteiger partial charge in [-0.15, -0.1) is 0 Å². The van der Waals surface area contributed by atoms with Crippen LogP contribution >= 0.6 is 0 Å². The predicted octanol–water partition coefficient (Wildman–Crippen LogP) is -19.9. The minimum atomic E-state index is 0. The molecule has 0 heterocycles. The zero-order chi connectivity index (χ0) is 0. The van der Waals surface area contributed by atoms with Crippen LogP contribution in [-0.4, -0.2) is 32.9 Å². The van der Waals surface area contributed by atoms with E-state index in [1.54, 1.807) is 0 Å². The van der Waals surface area contributed by atoms with Crippen molar-refractivity contribution in [1.82, 2.24) is 0 Å². The minimum absolute atomic E-state index is 0. The first-order valence-corrected chi connectivity index (χ1v) is 0. The second-order valence-electron chi connectivity index (χ2n) is 0. The Morgan fingerprint density at radius 3 is 0.250 bits per heavy atom. The molecule has 0 atom stereocenters. The molecule has 0 rings (SSSR count). The summed E-state index contributed by atoms with van der Waals surface area (Å²) in [6, 6.07) is 0. The third-order valence-electron chi connectivity index (χ3n) is 0. The fourth-order valence-electron chi connectivity index (χ4n) is 0. The molecule has 0 aromatic rings. The molecule has 0 saturated carbocycles. The van der Waals surface area contributed by atoms with Gasteiger partial charge in [-0.3, -0.25) is 0 Å². The van der Waals surface area contributed by atoms with Gasteiger partial charge >= 0.3 is 0 Å². The van der Waals surface area contributed by atoms with E-state index in [0.717, 1.165) is 0 Å². The van der Waals surface area contributed by atoms with Gasteiger partial charge in [0.05, 0.1) is 0 Å². The topological polar surface area (TPSA) is 189 Å². The molecule has 93 valence electrons. The van der Waals surface area contributed by atoms with E-state index in [2.05, 4.69) is 0 Å². The second kappa shape index (κ2) is 553. The van der Waals surface area contributed by atoms with Gasteiger partial charge in [-0.05, 0) is 0 Å². The van der Waals surface area contributed by atoms with Gasteiger partial charge in [0.15, 0.2) is 0 Å². The summed E-state index contributed by atoms with van der Waals surface area (Å²) < 4.78 is 0. The SMILES string of the molecule is O.O.O.O.O.O.[Cl-].[Cl-].[Cl-].[Cl-].[Cl-].[V]. The molecule has 0 aromatic heterocycles. The maximum atomic E-state index is 0. The van der Waals surface area contributed by atoms with Crippen molar-refractivity contribution in [2.75, 3.05) is 0 Å². The van der Waals surface area contributed by atoms with Crippen LogP contribution in [-0.2, 0) is 18.6 Å². The zero-order valence-corrected chi connectivity index (χ0v) is 10.5. The average molecular weight is 336 g/mol. The van der Waals surface area contributed by atoms with E-state index in [1.165, 1.54) is 0 Å². The first kappa shape index (κ1) is 701. The summed E-state index contributed by atoms with van der Waals surface area (Å²) in [6.45, 7) is 0. The van der Waals surface area contributed by atoms with E-state index in [0.29, 0.717) is 0 Å². The molecule has 1 radical (unpaired) electrons. The van der Waals surface area contributed by atoms with Crippen molar-refractivity contribution >= 4 is 0 Å². The van der Waals surface area contributed by atoms with Gasteiger partial charge in [-0.25, -0.2) is 0 Å². The van der Waals surface area contributed by atoms with Crippen LogP contribution in [0.4, 0.5) is 0 Å². The molecular formula is H12Cl5O6V-5. The van der Waals surface area contributed by atoms with Gasteiger partial charge in [0.1, 0.15) is 0 Å². The van der Waals surface area contributed by atoms with E-state index in [9.17, 15) is 0 Å². The predicted molar refractivity (Wildman–Crippen MR) is 21.7 cm³/mol. The normalized spacial score (nSPS) is 0. The molecule has 12 heavy (non-hydrogen) atoms. The smallest absolute Gasteiger partial charge is 0 e. The van der Waals surface area contributed by atoms with E-state index in [1.807, 2.05) is 0 Å². The van der Waals surface area contributed by atoms with Crippen molar-refractivity contribution < 1.29 is 113 Å². The summed E-state index contributed by atoms with van der Waals surface area (Å²) in [5.74, 6) is 0. The van der Waals surface area contributed by atoms with Crippen LogP contribution in [0.2, 0.25) is 0 Å². The van der Waals surface area contributed by atoms with Crippen molar-refractivity contribution in [3.05, 3.63) is 0 Å². The van der Waals surface area contributed by atoms with Crippen LogP contribution in [0.3, 0.4) is 0 Å². The molecule has 0 aliphatic heterocycles. The Morgan fingerprint density at radius 1 is 0.250 bits per heavy atom. The molecule has 6 nitrogen and oxygen atoms in total. The molecule has 0 amide bonds. The summed E-state index contributed by atoms with van der Waals surface area (Å²) >= 11 is 0. The monoisotopic (exact) mass is 334 g/mol. The maximum absolute atomic E-state index is 0. The molecule has 12 N–H and O–H groups in total. The largest absolute Gasteiger partial charge is 1.00 e. The molecule has 0 fully saturated rings. The van der Waals surface area contributed by atoms with E-state index in [4.69, 9.17) is 0 Å². The molecule has 12 heteroatoms. The van der Waals surface area contributed by atoms with Crippen LogP contribution in [0.15, 0.2) is 0 Å². The summed E-state index contributed by atoms with van der Waals surface area (Å²) in [5, 5.41) is 0. The Hall–Kier alpha value is 1.79. The first-order valence-electron chi connectivity index (χ1n) is 0. The van der Waals surface area contributed by atoms with Crippen LogP contribution in [0.1, 0.15) is 0 Å². The average Bonchev–Trinajstić information content (AvgIpc) is 0. The number of hydrogen-bond donors (Lipinski definition) is 0. The zero-order valence-electron chi connectivity index (χ0n) is 5.34. The van der Waals surface area contributed by atoms with Gasteiger partial charge in [0.2, 0.25) is 0 Å². The van der Waals surface area contributed by atoms with E-state index < -0.39 is 0 Å². The Labute approximate surface area is 113 Å². The third-order valence-corrected chi connectivity index (χ3v) is 0. The van der Waals surface area contributed by atoms with Crippen LogP contribution in [0, 0.1) is 0 Å². The summed E-state index contributed by atoms with van der Waals surface area (Å²) in [4.78, 5) is 0. The van der Waals surface area contributed by atoms with Crippen molar-refractivity contribution in [3.63, 3.8) is 0 Å². The Balaban J connectivity index is 0. The van der Waals surface area contributed by atoms with Crippen molar-refractivity contribution in [2.45, 2.75) is 0 Å². The van der Waals surface area contributed by atoms with Crippen LogP contribution < -0.4 is 62.0 Å². The molecular weight excluding hydrogens is 324 g/mol. The van der Waals surface area contributed by atoms with Gasteiger partial charge in [-0.2, -0.15) is 0 Å². The fraction of sp³-hybridized carbons (Fsp3) is 0. The van der Waals surface area contributed by atoms with Gasteiger partial charge in [0.25, 0.3) is 0 Å². The number of halogens is 5. The van der Waals surface area contributed by atoms with Gasteiger partial charge < -0.3 is 94.9 Å². The summed E-state index contributed by atoms with van der Waals surface area (Å²) in [7, 11) is 0. The second-order valence-corrected chi connectivity index (χ2v) is 0. The molecule has 0 saturated heterocycles. The molecule has 0 spiro atoms. The summed E-state index contributed by atoms with van der Waals surface area (Å²) in [6.07, 6.45) is 0. The number of hydrogen-bond acceptors (Lipinski definition) is 0. The quantitative estimate of drug-likeness (QED) is 0.406. The van der Waals surface area contributed by atoms with Gasteiger partial charge in [-0.1, -0.05) is 0 Å². The minimum Gasteiger partial charge on any atom is -1.00 e. The Kier molecular flexibility index (Phi) is 32300. The molecule has 0 aromatic carbocycles. The molecule has 0 aliphatic carbocycles. The fourth-order valence-corrected chi connectivity index (χ4v) is 0. The molecule has 0 aliphatic rings. The Morgan fingerprint density at radius 2 is 0.250 bits per heavy atom. The van der Waals surface area contributed by atoms with Crippen molar-refractivity contribution in [3.8, 4) is 0 Å². The van der Waals surface area contributed by atoms with Crippen LogP contribution in [0.25, 0.3) is 0 Å². The molecule has 0 bridgehead atoms. The maximum Gasteiger partial charge on any atom is 0 e. The standard InChI is InChI=1S/5ClH.6H2O.V/h5*1H;6*1H2;/p-5. The van der Waals surface area contributed by atoms with E-state index >= 15 is 0 Å². The van der Waals surface area contributed by atoms with Crippen molar-refractivity contribution in [1.29, 1.82) is 0 Å². The van der Waals surface area contributed by atoms with Gasteiger partial charge in [0, 0.05) is 18.6 Å². The number of rotatable bonds is 0. The third kappa shape index (κ3) is 427. The van der Waals surface area contributed by atoms with E-state index in [-0.39, 0.29) is 113 Å². The van der Waals surface area contributed by atoms with Crippen LogP contribution in [0.5, 0.6) is 0 Å². The Bertz CT molecular complexity index is 15.9. The summed E-state index contributed by atoms with van der Waals surface area (Å²) in [5.41, 5.74) is 0. The van der Waals surface area contributed by atoms with Crippen molar-refractivity contribution in [2.24, 2.45) is 0 Å².